The van der Waals surface area contributed by atoms with E-state index < -0.39 is 21.5 Å². The molecule has 0 aliphatic carbocycles. The standard InChI is InChI=1S/C12H18N2O4S/c1-12(2,3)14(8-6-11(15)16)19(17,18)10-5-4-7-13-9-10/h4-5,7,9H,6,8H2,1-3H3,(H,15,16). The molecule has 0 spiro atoms. The molecule has 6 nitrogen and oxygen atoms in total. The van der Waals surface area contributed by atoms with Gasteiger partial charge in [0.15, 0.2) is 0 Å². The maximum absolute atomic E-state index is 12.5. The van der Waals surface area contributed by atoms with Gasteiger partial charge < -0.3 is 5.11 Å². The number of rotatable bonds is 5. The molecule has 0 saturated carbocycles. The second kappa shape index (κ2) is 5.66. The van der Waals surface area contributed by atoms with E-state index in [1.165, 1.54) is 28.8 Å². The van der Waals surface area contributed by atoms with E-state index >= 15 is 0 Å². The molecule has 7 heteroatoms. The Kier molecular flexibility index (Phi) is 4.65. The van der Waals surface area contributed by atoms with Gasteiger partial charge in [0, 0.05) is 24.5 Å². The van der Waals surface area contributed by atoms with Crippen LogP contribution in [0.15, 0.2) is 29.4 Å². The lowest BCUT2D eigenvalue weighted by Crippen LogP contribution is -2.46. The molecule has 0 bridgehead atoms. The molecule has 0 aliphatic rings. The Morgan fingerprint density at radius 1 is 1.42 bits per heavy atom. The number of carbonyl (C=O) groups is 1. The van der Waals surface area contributed by atoms with Gasteiger partial charge in [0.2, 0.25) is 10.0 Å². The number of carboxylic acid groups (broad SMARTS) is 1. The summed E-state index contributed by atoms with van der Waals surface area (Å²) in [6, 6.07) is 2.98. The second-order valence-corrected chi connectivity index (χ2v) is 6.94. The molecule has 1 aromatic rings. The fourth-order valence-corrected chi connectivity index (χ4v) is 3.39. The van der Waals surface area contributed by atoms with E-state index in [9.17, 15) is 13.2 Å². The van der Waals surface area contributed by atoms with Crippen molar-refractivity contribution in [3.63, 3.8) is 0 Å². The van der Waals surface area contributed by atoms with Gasteiger partial charge in [0.1, 0.15) is 4.90 Å². The van der Waals surface area contributed by atoms with Gasteiger partial charge in [-0.25, -0.2) is 8.42 Å². The normalized spacial score (nSPS) is 12.6. The van der Waals surface area contributed by atoms with Gasteiger partial charge in [-0.15, -0.1) is 0 Å². The Morgan fingerprint density at radius 3 is 2.47 bits per heavy atom. The van der Waals surface area contributed by atoms with Crippen LogP contribution < -0.4 is 0 Å². The van der Waals surface area contributed by atoms with Gasteiger partial charge in [0.25, 0.3) is 0 Å². The first-order valence-electron chi connectivity index (χ1n) is 5.80. The molecule has 0 aromatic carbocycles. The summed E-state index contributed by atoms with van der Waals surface area (Å²) in [5.41, 5.74) is -0.704. The first-order valence-corrected chi connectivity index (χ1v) is 7.24. The van der Waals surface area contributed by atoms with Crippen LogP contribution >= 0.6 is 0 Å². The molecule has 1 aromatic heterocycles. The topological polar surface area (TPSA) is 87.6 Å². The lowest BCUT2D eigenvalue weighted by molar-refractivity contribution is -0.137. The Hall–Kier alpha value is -1.47. The minimum Gasteiger partial charge on any atom is -0.481 e. The summed E-state index contributed by atoms with van der Waals surface area (Å²) in [7, 11) is -3.75. The van der Waals surface area contributed by atoms with Gasteiger partial charge in [-0.1, -0.05) is 0 Å². The van der Waals surface area contributed by atoms with E-state index in [1.807, 2.05) is 0 Å². The lowest BCUT2D eigenvalue weighted by Gasteiger charge is -2.34. The summed E-state index contributed by atoms with van der Waals surface area (Å²) in [5, 5.41) is 8.73. The number of sulfonamides is 1. The monoisotopic (exact) mass is 286 g/mol. The van der Waals surface area contributed by atoms with Gasteiger partial charge >= 0.3 is 5.97 Å². The summed E-state index contributed by atoms with van der Waals surface area (Å²) in [5.74, 6) is -1.03. The summed E-state index contributed by atoms with van der Waals surface area (Å²) < 4.78 is 26.2. The van der Waals surface area contributed by atoms with Crippen molar-refractivity contribution in [2.75, 3.05) is 6.54 Å². The van der Waals surface area contributed by atoms with Crippen LogP contribution in [0, 0.1) is 0 Å². The fourth-order valence-electron chi connectivity index (χ4n) is 1.64. The number of hydrogen-bond acceptors (Lipinski definition) is 4. The van der Waals surface area contributed by atoms with Crippen molar-refractivity contribution in [1.29, 1.82) is 0 Å². The zero-order valence-electron chi connectivity index (χ0n) is 11.2. The molecule has 19 heavy (non-hydrogen) atoms. The van der Waals surface area contributed by atoms with Crippen LogP contribution in [-0.2, 0) is 14.8 Å². The maximum atomic E-state index is 12.5. The zero-order valence-corrected chi connectivity index (χ0v) is 12.0. The Labute approximate surface area is 113 Å². The van der Waals surface area contributed by atoms with Crippen molar-refractivity contribution in [2.24, 2.45) is 0 Å². The van der Waals surface area contributed by atoms with Crippen LogP contribution in [-0.4, -0.2) is 40.9 Å². The zero-order chi connectivity index (χ0) is 14.7. The third-order valence-electron chi connectivity index (χ3n) is 2.50. The Morgan fingerprint density at radius 2 is 2.05 bits per heavy atom. The van der Waals surface area contributed by atoms with Crippen molar-refractivity contribution in [3.05, 3.63) is 24.5 Å². The number of pyridine rings is 1. The minimum absolute atomic E-state index is 0.0651. The van der Waals surface area contributed by atoms with E-state index in [1.54, 1.807) is 20.8 Å². The first-order chi connectivity index (χ1) is 8.65. The highest BCUT2D eigenvalue weighted by atomic mass is 32.2. The maximum Gasteiger partial charge on any atom is 0.304 e. The van der Waals surface area contributed by atoms with Crippen LogP contribution in [0.3, 0.4) is 0 Å². The summed E-state index contributed by atoms with van der Waals surface area (Å²) in [4.78, 5) is 14.5. The van der Waals surface area contributed by atoms with Crippen molar-refractivity contribution in [1.82, 2.24) is 9.29 Å². The smallest absolute Gasteiger partial charge is 0.304 e. The molecule has 1 N–H and O–H groups in total. The van der Waals surface area contributed by atoms with Crippen LogP contribution in [0.25, 0.3) is 0 Å². The van der Waals surface area contributed by atoms with Crippen molar-refractivity contribution < 1.29 is 18.3 Å². The quantitative estimate of drug-likeness (QED) is 0.882. The molecular formula is C12H18N2O4S. The summed E-state index contributed by atoms with van der Waals surface area (Å²) in [6.45, 7) is 5.10. The van der Waals surface area contributed by atoms with Gasteiger partial charge in [-0.05, 0) is 32.9 Å². The molecule has 0 saturated heterocycles. The van der Waals surface area contributed by atoms with Crippen molar-refractivity contribution in [2.45, 2.75) is 37.6 Å². The molecule has 0 atom stereocenters. The largest absolute Gasteiger partial charge is 0.481 e. The molecule has 0 unspecified atom stereocenters. The average Bonchev–Trinajstić information content (AvgIpc) is 2.27. The van der Waals surface area contributed by atoms with Crippen LogP contribution in [0.1, 0.15) is 27.2 Å². The number of nitrogens with zero attached hydrogens (tertiary/aromatic N) is 2. The highest BCUT2D eigenvalue weighted by molar-refractivity contribution is 7.89. The SMILES string of the molecule is CC(C)(C)N(CCC(=O)O)S(=O)(=O)c1cccnc1. The number of aromatic nitrogens is 1. The third kappa shape index (κ3) is 4.00. The van der Waals surface area contributed by atoms with Crippen LogP contribution in [0.5, 0.6) is 0 Å². The third-order valence-corrected chi connectivity index (χ3v) is 4.65. The van der Waals surface area contributed by atoms with Crippen molar-refractivity contribution >= 4 is 16.0 Å². The van der Waals surface area contributed by atoms with E-state index in [-0.39, 0.29) is 17.9 Å². The highest BCUT2D eigenvalue weighted by Gasteiger charge is 2.34. The molecule has 0 amide bonds. The molecule has 1 heterocycles. The molecule has 1 rings (SSSR count). The van der Waals surface area contributed by atoms with Crippen molar-refractivity contribution in [3.8, 4) is 0 Å². The molecule has 106 valence electrons. The van der Waals surface area contributed by atoms with E-state index in [0.29, 0.717) is 0 Å². The lowest BCUT2D eigenvalue weighted by atomic mass is 10.1. The average molecular weight is 286 g/mol. The first kappa shape index (κ1) is 15.6. The minimum atomic E-state index is -3.75. The van der Waals surface area contributed by atoms with Gasteiger partial charge in [-0.2, -0.15) is 4.31 Å². The number of carboxylic acids is 1. The Balaban J connectivity index is 3.14. The molecule has 0 aliphatic heterocycles. The van der Waals surface area contributed by atoms with E-state index in [0.717, 1.165) is 0 Å². The number of hydrogen-bond donors (Lipinski definition) is 1. The summed E-state index contributed by atoms with van der Waals surface area (Å²) in [6.07, 6.45) is 2.50. The molecular weight excluding hydrogens is 268 g/mol. The molecule has 0 fully saturated rings. The van der Waals surface area contributed by atoms with E-state index in [4.69, 9.17) is 5.11 Å². The van der Waals surface area contributed by atoms with Gasteiger partial charge in [0.05, 0.1) is 6.42 Å². The van der Waals surface area contributed by atoms with Gasteiger partial charge in [-0.3, -0.25) is 9.78 Å². The highest BCUT2D eigenvalue weighted by Crippen LogP contribution is 2.24. The van der Waals surface area contributed by atoms with Crippen LogP contribution in [0.2, 0.25) is 0 Å². The number of aliphatic carboxylic acids is 1. The fraction of sp³-hybridized carbons (Fsp3) is 0.500. The van der Waals surface area contributed by atoms with E-state index in [2.05, 4.69) is 4.98 Å². The van der Waals surface area contributed by atoms with Crippen LogP contribution in [0.4, 0.5) is 0 Å². The summed E-state index contributed by atoms with van der Waals surface area (Å²) >= 11 is 0. The predicted octanol–water partition coefficient (Wildman–Crippen LogP) is 1.35. The molecule has 0 radical (unpaired) electrons. The Bertz CT molecular complexity index is 535. The second-order valence-electron chi connectivity index (χ2n) is 5.08. The predicted molar refractivity (Wildman–Crippen MR) is 70.1 cm³/mol.